The molecule has 62 heavy (non-hydrogen) atoms. The van der Waals surface area contributed by atoms with Crippen LogP contribution in [-0.4, -0.2) is 28.0 Å². The number of ether oxygens (including phenoxy) is 5. The number of hydrogen-bond acceptors (Lipinski definition) is 8. The van der Waals surface area contributed by atoms with E-state index in [1.165, 1.54) is 6.07 Å². The van der Waals surface area contributed by atoms with E-state index in [-0.39, 0.29) is 18.1 Å². The molecular formula is C54H50O8. The molecule has 6 aromatic rings. The molecule has 0 spiro atoms. The Morgan fingerprint density at radius 3 is 1.63 bits per heavy atom. The second-order valence-electron chi connectivity index (χ2n) is 15.0. The molecule has 7 rings (SSSR count). The van der Waals surface area contributed by atoms with Crippen LogP contribution in [0.2, 0.25) is 0 Å². The smallest absolute Gasteiger partial charge is 0.204 e. The molecule has 0 aliphatic carbocycles. The van der Waals surface area contributed by atoms with Crippen molar-refractivity contribution in [1.82, 2.24) is 0 Å². The molecule has 8 heteroatoms. The lowest BCUT2D eigenvalue weighted by atomic mass is 9.97. The van der Waals surface area contributed by atoms with Gasteiger partial charge in [0.25, 0.3) is 0 Å². The highest BCUT2D eigenvalue weighted by atomic mass is 16.6. The summed E-state index contributed by atoms with van der Waals surface area (Å²) in [7, 11) is 0. The van der Waals surface area contributed by atoms with Crippen LogP contribution in [0.15, 0.2) is 172 Å². The Morgan fingerprint density at radius 2 is 1.02 bits per heavy atom. The molecule has 314 valence electrons. The van der Waals surface area contributed by atoms with Gasteiger partial charge in [0.05, 0.1) is 0 Å². The van der Waals surface area contributed by atoms with E-state index in [9.17, 15) is 15.3 Å². The van der Waals surface area contributed by atoms with Crippen LogP contribution in [-0.2, 0) is 32.1 Å². The Morgan fingerprint density at radius 1 is 0.484 bits per heavy atom. The van der Waals surface area contributed by atoms with Crippen LogP contribution >= 0.6 is 0 Å². The number of phenols is 3. The molecule has 1 heterocycles. The Kier molecular flexibility index (Phi) is 13.5. The fourth-order valence-corrected chi connectivity index (χ4v) is 7.33. The Bertz CT molecular complexity index is 2590. The Labute approximate surface area is 363 Å². The molecule has 0 aromatic heterocycles. The zero-order valence-corrected chi connectivity index (χ0v) is 34.6. The van der Waals surface area contributed by atoms with E-state index in [1.54, 1.807) is 30.3 Å². The lowest BCUT2D eigenvalue weighted by Gasteiger charge is -2.35. The molecular weight excluding hydrogens is 777 g/mol. The summed E-state index contributed by atoms with van der Waals surface area (Å²) < 4.78 is 33.1. The summed E-state index contributed by atoms with van der Waals surface area (Å²) in [5, 5.41) is 33.3. The molecule has 1 aliphatic rings. The Balaban J connectivity index is 1.30. The lowest BCUT2D eigenvalue weighted by molar-refractivity contribution is -0.00806. The molecule has 0 unspecified atom stereocenters. The van der Waals surface area contributed by atoms with Crippen LogP contribution in [0.4, 0.5) is 0 Å². The van der Waals surface area contributed by atoms with E-state index in [4.69, 9.17) is 23.7 Å². The summed E-state index contributed by atoms with van der Waals surface area (Å²) in [6.45, 7) is 19.3. The molecule has 3 N–H and O–H groups in total. The van der Waals surface area contributed by atoms with Gasteiger partial charge in [0, 0.05) is 16.7 Å². The largest absolute Gasteiger partial charge is 0.507 e. The summed E-state index contributed by atoms with van der Waals surface area (Å²) in [5.74, 6) is 2.00. The fourth-order valence-electron chi connectivity index (χ4n) is 7.33. The van der Waals surface area contributed by atoms with Crippen molar-refractivity contribution in [2.75, 3.05) is 6.61 Å². The van der Waals surface area contributed by atoms with Gasteiger partial charge < -0.3 is 39.0 Å². The van der Waals surface area contributed by atoms with Crippen LogP contribution < -0.4 is 23.7 Å². The summed E-state index contributed by atoms with van der Waals surface area (Å²) in [6, 6.07) is 33.2. The van der Waals surface area contributed by atoms with E-state index in [0.717, 1.165) is 34.2 Å². The number of phenolic OH excluding ortho intramolecular Hbond substituents is 3. The summed E-state index contributed by atoms with van der Waals surface area (Å²) in [6.07, 6.45) is 10.5. The molecule has 8 nitrogen and oxygen atoms in total. The first-order chi connectivity index (χ1) is 30.2. The quantitative estimate of drug-likeness (QED) is 0.0547. The van der Waals surface area contributed by atoms with Gasteiger partial charge in [-0.25, -0.2) is 0 Å². The van der Waals surface area contributed by atoms with Gasteiger partial charge in [-0.3, -0.25) is 0 Å². The van der Waals surface area contributed by atoms with E-state index < -0.39 is 23.7 Å². The molecule has 1 aliphatic heterocycles. The van der Waals surface area contributed by atoms with Crippen molar-refractivity contribution in [2.45, 2.75) is 44.3 Å². The lowest BCUT2D eigenvalue weighted by Crippen LogP contribution is -2.38. The Hall–Kier alpha value is -7.58. The topological polar surface area (TPSA) is 107 Å². The zero-order chi connectivity index (χ0) is 43.6. The number of aromatic hydroxyl groups is 3. The molecule has 2 atom stereocenters. The average molecular weight is 827 g/mol. The number of fused-ring (bicyclic) bond motifs is 1. The van der Waals surface area contributed by atoms with Gasteiger partial charge in [-0.1, -0.05) is 66.8 Å². The standard InChI is InChI=1S/C54H50O8/c1-6-11-35-16-22-41(23-17-35)59-48-33-40(32-46(56)52(48)57)53-51(34-58-47-27-21-38(14-9-4)29-44(47)43-28-37(13-8-3)20-26-45(43)55)62-54-49(30-39(15-10-5)31-50(54)61-53)60-42-24-18-36(12-7-2)19-25-42/h6-10,16-33,51,53,55-57H,1-5,11-15,34H2/t51-,53+/m1/s1. The van der Waals surface area contributed by atoms with Crippen LogP contribution in [0.3, 0.4) is 0 Å². The normalized spacial score (nSPS) is 14.0. The third-order valence-corrected chi connectivity index (χ3v) is 10.3. The van der Waals surface area contributed by atoms with Gasteiger partial charge in [0.1, 0.15) is 29.6 Å². The highest BCUT2D eigenvalue weighted by Crippen LogP contribution is 2.50. The molecule has 6 aromatic carbocycles. The van der Waals surface area contributed by atoms with Crippen LogP contribution in [0.1, 0.15) is 39.5 Å². The van der Waals surface area contributed by atoms with Gasteiger partial charge in [-0.15, -0.1) is 32.9 Å². The predicted molar refractivity (Wildman–Crippen MR) is 246 cm³/mol. The van der Waals surface area contributed by atoms with Crippen molar-refractivity contribution in [3.63, 3.8) is 0 Å². The molecule has 0 bridgehead atoms. The van der Waals surface area contributed by atoms with Crippen LogP contribution in [0, 0.1) is 0 Å². The first kappa shape index (κ1) is 42.5. The number of hydrogen-bond donors (Lipinski definition) is 3. The van der Waals surface area contributed by atoms with Crippen molar-refractivity contribution in [3.05, 3.63) is 206 Å². The molecule has 0 saturated heterocycles. The third-order valence-electron chi connectivity index (χ3n) is 10.3. The minimum Gasteiger partial charge on any atom is -0.507 e. The zero-order valence-electron chi connectivity index (χ0n) is 34.6. The SMILES string of the molecule is C=CCc1ccc(Oc2cc([C@@H]3Oc4cc(CC=C)cc(Oc5ccc(CC=C)cc5)c4O[C@@H]3COc3ccc(CC=C)cc3-c3cc(CC=C)ccc3O)cc(O)c2O)cc1. The van der Waals surface area contributed by atoms with E-state index in [2.05, 4.69) is 32.9 Å². The third kappa shape index (κ3) is 9.88. The molecule has 0 saturated carbocycles. The minimum absolute atomic E-state index is 0.0184. The second-order valence-corrected chi connectivity index (χ2v) is 15.0. The van der Waals surface area contributed by atoms with Crippen molar-refractivity contribution in [1.29, 1.82) is 0 Å². The maximum atomic E-state index is 11.2. The first-order valence-electron chi connectivity index (χ1n) is 20.4. The van der Waals surface area contributed by atoms with Gasteiger partial charge in [-0.2, -0.15) is 0 Å². The number of rotatable bonds is 19. The van der Waals surface area contributed by atoms with Crippen molar-refractivity contribution in [3.8, 4) is 68.6 Å². The number of allylic oxidation sites excluding steroid dienone is 5. The molecule has 0 amide bonds. The van der Waals surface area contributed by atoms with Crippen LogP contribution in [0.5, 0.6) is 57.5 Å². The maximum absolute atomic E-state index is 11.2. The highest BCUT2D eigenvalue weighted by molar-refractivity contribution is 5.77. The van der Waals surface area contributed by atoms with E-state index >= 15 is 0 Å². The minimum atomic E-state index is -0.899. The second kappa shape index (κ2) is 19.7. The number of benzene rings is 6. The maximum Gasteiger partial charge on any atom is 0.204 e. The van der Waals surface area contributed by atoms with Crippen LogP contribution in [0.25, 0.3) is 11.1 Å². The van der Waals surface area contributed by atoms with Gasteiger partial charge in [0.2, 0.25) is 11.5 Å². The van der Waals surface area contributed by atoms with Gasteiger partial charge >= 0.3 is 0 Å². The summed E-state index contributed by atoms with van der Waals surface area (Å²) in [5.41, 5.74) is 6.69. The summed E-state index contributed by atoms with van der Waals surface area (Å²) >= 11 is 0. The monoisotopic (exact) mass is 826 g/mol. The summed E-state index contributed by atoms with van der Waals surface area (Å²) in [4.78, 5) is 0. The van der Waals surface area contributed by atoms with Gasteiger partial charge in [-0.05, 0) is 133 Å². The average Bonchev–Trinajstić information content (AvgIpc) is 3.27. The van der Waals surface area contributed by atoms with Gasteiger partial charge in [0.15, 0.2) is 35.2 Å². The molecule has 0 radical (unpaired) electrons. The van der Waals surface area contributed by atoms with Crippen molar-refractivity contribution >= 4 is 0 Å². The predicted octanol–water partition coefficient (Wildman–Crippen LogP) is 12.7. The first-order valence-corrected chi connectivity index (χ1v) is 20.4. The van der Waals surface area contributed by atoms with E-state index in [0.29, 0.717) is 76.9 Å². The van der Waals surface area contributed by atoms with Crippen molar-refractivity contribution in [2.24, 2.45) is 0 Å². The van der Waals surface area contributed by atoms with Crippen molar-refractivity contribution < 1.29 is 39.0 Å². The fraction of sp³-hybridized carbons (Fsp3) is 0.148. The highest BCUT2D eigenvalue weighted by Gasteiger charge is 2.37. The van der Waals surface area contributed by atoms with E-state index in [1.807, 2.05) is 103 Å². The molecule has 0 fully saturated rings.